The van der Waals surface area contributed by atoms with Gasteiger partial charge in [-0.1, -0.05) is 0 Å². The summed E-state index contributed by atoms with van der Waals surface area (Å²) < 4.78 is 22.6. The maximum atomic E-state index is 12.0. The zero-order valence-corrected chi connectivity index (χ0v) is 12.1. The van der Waals surface area contributed by atoms with Gasteiger partial charge in [-0.25, -0.2) is 8.42 Å². The minimum Gasteiger partial charge on any atom is -0.321 e. The summed E-state index contributed by atoms with van der Waals surface area (Å²) in [6.45, 7) is 1.87. The summed E-state index contributed by atoms with van der Waals surface area (Å²) in [7, 11) is -3.21. The topological polar surface area (TPSA) is 63.2 Å². The molecule has 1 N–H and O–H groups in total. The second-order valence-electron chi connectivity index (χ2n) is 4.18. The minimum atomic E-state index is -3.21. The molecule has 19 heavy (non-hydrogen) atoms. The molecule has 0 aliphatic carbocycles. The van der Waals surface area contributed by atoms with E-state index >= 15 is 0 Å². The highest BCUT2D eigenvalue weighted by molar-refractivity contribution is 7.90. The van der Waals surface area contributed by atoms with Crippen LogP contribution in [0, 0.1) is 6.92 Å². The van der Waals surface area contributed by atoms with Crippen molar-refractivity contribution >= 4 is 32.8 Å². The summed E-state index contributed by atoms with van der Waals surface area (Å²) >= 11 is 1.38. The maximum absolute atomic E-state index is 12.0. The second-order valence-corrected chi connectivity index (χ2v) is 7.12. The van der Waals surface area contributed by atoms with Crippen molar-refractivity contribution in [3.8, 4) is 0 Å². The minimum absolute atomic E-state index is 0.181. The van der Waals surface area contributed by atoms with Crippen LogP contribution in [0.5, 0.6) is 0 Å². The lowest BCUT2D eigenvalue weighted by molar-refractivity contribution is 0.103. The van der Waals surface area contributed by atoms with E-state index in [1.54, 1.807) is 12.1 Å². The van der Waals surface area contributed by atoms with Gasteiger partial charge >= 0.3 is 0 Å². The first kappa shape index (κ1) is 13.8. The van der Waals surface area contributed by atoms with E-state index in [9.17, 15) is 13.2 Å². The van der Waals surface area contributed by atoms with Crippen LogP contribution in [0.2, 0.25) is 0 Å². The van der Waals surface area contributed by atoms with E-state index in [0.717, 1.165) is 11.8 Å². The molecule has 6 heteroatoms. The lowest BCUT2D eigenvalue weighted by Gasteiger charge is -2.05. The maximum Gasteiger partial charge on any atom is 0.265 e. The van der Waals surface area contributed by atoms with E-state index in [1.165, 1.54) is 23.5 Å². The molecule has 0 aliphatic heterocycles. The summed E-state index contributed by atoms with van der Waals surface area (Å²) in [5, 5.41) is 4.60. The Morgan fingerprint density at radius 3 is 2.26 bits per heavy atom. The molecule has 0 spiro atoms. The number of sulfone groups is 1. The monoisotopic (exact) mass is 295 g/mol. The molecular weight excluding hydrogens is 282 g/mol. The van der Waals surface area contributed by atoms with Crippen LogP contribution in [0.1, 0.15) is 15.2 Å². The number of carbonyl (C=O) groups excluding carboxylic acids is 1. The van der Waals surface area contributed by atoms with Crippen LogP contribution in [0.4, 0.5) is 5.69 Å². The van der Waals surface area contributed by atoms with Crippen LogP contribution in [0.3, 0.4) is 0 Å². The largest absolute Gasteiger partial charge is 0.321 e. The zero-order valence-electron chi connectivity index (χ0n) is 10.5. The smallest absolute Gasteiger partial charge is 0.265 e. The van der Waals surface area contributed by atoms with Crippen molar-refractivity contribution in [1.29, 1.82) is 0 Å². The van der Waals surface area contributed by atoms with Crippen LogP contribution >= 0.6 is 11.3 Å². The first-order valence-electron chi connectivity index (χ1n) is 5.53. The first-order valence-corrected chi connectivity index (χ1v) is 8.30. The number of nitrogens with one attached hydrogen (secondary N) is 1. The number of hydrogen-bond donors (Lipinski definition) is 1. The molecule has 0 bridgehead atoms. The van der Waals surface area contributed by atoms with Crippen molar-refractivity contribution < 1.29 is 13.2 Å². The van der Waals surface area contributed by atoms with Gasteiger partial charge in [-0.15, -0.1) is 11.3 Å². The second kappa shape index (κ2) is 5.14. The normalized spacial score (nSPS) is 11.3. The molecule has 0 fully saturated rings. The van der Waals surface area contributed by atoms with E-state index in [2.05, 4.69) is 5.32 Å². The van der Waals surface area contributed by atoms with Crippen LogP contribution < -0.4 is 5.32 Å². The molecule has 2 rings (SSSR count). The predicted octanol–water partition coefficient (Wildman–Crippen LogP) is 2.71. The number of rotatable bonds is 3. The quantitative estimate of drug-likeness (QED) is 0.947. The number of aryl methyl sites for hydroxylation is 1. The summed E-state index contributed by atoms with van der Waals surface area (Å²) in [4.78, 5) is 12.9. The Kier molecular flexibility index (Phi) is 3.73. The van der Waals surface area contributed by atoms with Crippen molar-refractivity contribution in [2.75, 3.05) is 11.6 Å². The van der Waals surface area contributed by atoms with Crippen molar-refractivity contribution in [3.63, 3.8) is 0 Å². The average Bonchev–Trinajstić information content (AvgIpc) is 2.75. The third kappa shape index (κ3) is 3.21. The van der Waals surface area contributed by atoms with Gasteiger partial charge in [0.25, 0.3) is 5.91 Å². The van der Waals surface area contributed by atoms with Gasteiger partial charge in [0, 0.05) is 11.9 Å². The van der Waals surface area contributed by atoms with E-state index in [-0.39, 0.29) is 10.8 Å². The molecule has 100 valence electrons. The van der Waals surface area contributed by atoms with Crippen LogP contribution in [-0.4, -0.2) is 20.6 Å². The standard InChI is InChI=1S/C13H13NO3S2/c1-9-7-8-18-12(9)13(15)14-10-3-5-11(6-4-10)19(2,16)17/h3-8H,1-2H3,(H,14,15). The van der Waals surface area contributed by atoms with Crippen molar-refractivity contribution in [2.45, 2.75) is 11.8 Å². The molecule has 0 saturated heterocycles. The van der Waals surface area contributed by atoms with E-state index in [4.69, 9.17) is 0 Å². The van der Waals surface area contributed by atoms with E-state index in [0.29, 0.717) is 10.6 Å². The highest BCUT2D eigenvalue weighted by atomic mass is 32.2. The third-order valence-corrected chi connectivity index (χ3v) is 4.75. The van der Waals surface area contributed by atoms with Gasteiger partial charge in [-0.3, -0.25) is 4.79 Å². The molecule has 2 aromatic rings. The third-order valence-electron chi connectivity index (χ3n) is 2.61. The first-order chi connectivity index (χ1) is 8.88. The molecule has 0 radical (unpaired) electrons. The predicted molar refractivity (Wildman–Crippen MR) is 76.6 cm³/mol. The molecule has 0 aliphatic rings. The molecule has 0 unspecified atom stereocenters. The van der Waals surface area contributed by atoms with E-state index < -0.39 is 9.84 Å². The number of hydrogen-bond acceptors (Lipinski definition) is 4. The Hall–Kier alpha value is -1.66. The zero-order chi connectivity index (χ0) is 14.0. The summed E-state index contributed by atoms with van der Waals surface area (Å²) in [6.07, 6.45) is 1.15. The summed E-state index contributed by atoms with van der Waals surface area (Å²) in [6, 6.07) is 8.00. The number of benzene rings is 1. The summed E-state index contributed by atoms with van der Waals surface area (Å²) in [5.41, 5.74) is 1.50. The SMILES string of the molecule is Cc1ccsc1C(=O)Nc1ccc(S(C)(=O)=O)cc1. The fraction of sp³-hybridized carbons (Fsp3) is 0.154. The number of amides is 1. The molecule has 0 saturated carbocycles. The van der Waals surface area contributed by atoms with Gasteiger partial charge in [-0.2, -0.15) is 0 Å². The lowest BCUT2D eigenvalue weighted by atomic mass is 10.2. The van der Waals surface area contributed by atoms with Crippen LogP contribution in [0.15, 0.2) is 40.6 Å². The molecule has 4 nitrogen and oxygen atoms in total. The van der Waals surface area contributed by atoms with E-state index in [1.807, 2.05) is 18.4 Å². The molecular formula is C13H13NO3S2. The van der Waals surface area contributed by atoms with Gasteiger partial charge in [-0.05, 0) is 48.2 Å². The summed E-state index contributed by atoms with van der Waals surface area (Å²) in [5.74, 6) is -0.181. The number of anilines is 1. The fourth-order valence-corrected chi connectivity index (χ4v) is 3.03. The van der Waals surface area contributed by atoms with Crippen molar-refractivity contribution in [2.24, 2.45) is 0 Å². The van der Waals surface area contributed by atoms with Crippen molar-refractivity contribution in [3.05, 3.63) is 46.2 Å². The Morgan fingerprint density at radius 2 is 1.79 bits per heavy atom. The Morgan fingerprint density at radius 1 is 1.16 bits per heavy atom. The number of carbonyl (C=O) groups is 1. The molecule has 1 amide bonds. The van der Waals surface area contributed by atoms with Gasteiger partial charge in [0.15, 0.2) is 9.84 Å². The number of thiophene rings is 1. The lowest BCUT2D eigenvalue weighted by Crippen LogP contribution is -2.11. The molecule has 0 atom stereocenters. The highest BCUT2D eigenvalue weighted by Crippen LogP contribution is 2.19. The van der Waals surface area contributed by atoms with Crippen LogP contribution in [0.25, 0.3) is 0 Å². The van der Waals surface area contributed by atoms with Gasteiger partial charge in [0.1, 0.15) is 0 Å². The van der Waals surface area contributed by atoms with Gasteiger partial charge < -0.3 is 5.32 Å². The van der Waals surface area contributed by atoms with Crippen LogP contribution in [-0.2, 0) is 9.84 Å². The van der Waals surface area contributed by atoms with Crippen molar-refractivity contribution in [1.82, 2.24) is 0 Å². The molecule has 1 aromatic carbocycles. The Balaban J connectivity index is 2.17. The average molecular weight is 295 g/mol. The Bertz CT molecular complexity index is 700. The molecule has 1 aromatic heterocycles. The molecule has 1 heterocycles. The van der Waals surface area contributed by atoms with Gasteiger partial charge in [0.2, 0.25) is 0 Å². The Labute approximate surface area is 116 Å². The fourth-order valence-electron chi connectivity index (χ4n) is 1.58. The van der Waals surface area contributed by atoms with Gasteiger partial charge in [0.05, 0.1) is 9.77 Å². The highest BCUT2D eigenvalue weighted by Gasteiger charge is 2.11.